The van der Waals surface area contributed by atoms with Crippen LogP contribution in [0.5, 0.6) is 0 Å². The fourth-order valence-corrected chi connectivity index (χ4v) is 3.77. The van der Waals surface area contributed by atoms with E-state index in [2.05, 4.69) is 15.6 Å². The number of carbonyl (C=O) groups is 3. The number of anilines is 1. The highest BCUT2D eigenvalue weighted by atomic mass is 32.1. The predicted molar refractivity (Wildman–Crippen MR) is 121 cm³/mol. The minimum absolute atomic E-state index is 0.378. The number of aliphatic imine (C=N–C) groups is 1. The van der Waals surface area contributed by atoms with Crippen molar-refractivity contribution in [3.05, 3.63) is 52.2 Å². The molecular weight excluding hydrogens is 416 g/mol. The van der Waals surface area contributed by atoms with Gasteiger partial charge in [-0.2, -0.15) is 0 Å². The van der Waals surface area contributed by atoms with Crippen molar-refractivity contribution < 1.29 is 19.1 Å². The summed E-state index contributed by atoms with van der Waals surface area (Å²) in [6, 6.07) is 10.4. The Hall–Kier alpha value is -3.20. The second-order valence-electron chi connectivity index (χ2n) is 8.15. The van der Waals surface area contributed by atoms with E-state index in [1.54, 1.807) is 27.8 Å². The minimum atomic E-state index is -1.13. The van der Waals surface area contributed by atoms with Crippen molar-refractivity contribution in [1.82, 2.24) is 10.6 Å². The number of fused-ring (bicyclic) bond motifs is 1. The number of benzodiazepines with no additional fused rings is 1. The van der Waals surface area contributed by atoms with E-state index in [1.165, 1.54) is 23.2 Å². The molecular formula is C22H26N4O4S. The van der Waals surface area contributed by atoms with Crippen molar-refractivity contribution in [2.24, 2.45) is 4.99 Å². The lowest BCUT2D eigenvalue weighted by atomic mass is 10.1. The lowest BCUT2D eigenvalue weighted by Crippen LogP contribution is -2.52. The van der Waals surface area contributed by atoms with E-state index in [9.17, 15) is 14.4 Å². The van der Waals surface area contributed by atoms with Crippen LogP contribution in [0.2, 0.25) is 0 Å². The fourth-order valence-electron chi connectivity index (χ4n) is 3.04. The standard InChI is InChI=1S/C22H26N4O4S/c1-13(23-21(29)30-22(2,3)4)19(27)25-18-20(28)26(5)15-10-7-6-9-14(15)17(24-18)16-11-8-12-31-16/h6-13,18H,1-5H3,(H,23,29)(H,25,27)/t13-,18?/m0/s1. The van der Waals surface area contributed by atoms with Crippen LogP contribution in [0.3, 0.4) is 0 Å². The molecule has 9 heteroatoms. The number of nitrogens with one attached hydrogen (secondary N) is 2. The maximum atomic E-state index is 13.1. The summed E-state index contributed by atoms with van der Waals surface area (Å²) in [7, 11) is 1.65. The van der Waals surface area contributed by atoms with Gasteiger partial charge in [-0.15, -0.1) is 11.3 Å². The van der Waals surface area contributed by atoms with Crippen molar-refractivity contribution in [2.75, 3.05) is 11.9 Å². The molecule has 3 amide bonds. The number of amides is 3. The molecule has 2 aromatic rings. The van der Waals surface area contributed by atoms with E-state index in [4.69, 9.17) is 4.74 Å². The Bertz CT molecular complexity index is 1010. The molecule has 0 aliphatic carbocycles. The zero-order chi connectivity index (χ0) is 22.8. The Labute approximate surface area is 185 Å². The number of thiophene rings is 1. The predicted octanol–water partition coefficient (Wildman–Crippen LogP) is 2.92. The SMILES string of the molecule is C[C@H](NC(=O)OC(C)(C)C)C(=O)NC1N=C(c2cccs2)c2ccccc2N(C)C1=O. The van der Waals surface area contributed by atoms with Gasteiger partial charge in [-0.1, -0.05) is 24.3 Å². The third kappa shape index (κ3) is 5.29. The number of likely N-dealkylation sites (N-methyl/N-ethyl adjacent to an activating group) is 1. The summed E-state index contributed by atoms with van der Waals surface area (Å²) in [5, 5.41) is 7.06. The monoisotopic (exact) mass is 442 g/mol. The first kappa shape index (κ1) is 22.5. The highest BCUT2D eigenvalue weighted by Crippen LogP contribution is 2.28. The first-order valence-corrected chi connectivity index (χ1v) is 10.7. The van der Waals surface area contributed by atoms with Gasteiger partial charge in [0, 0.05) is 12.6 Å². The molecule has 0 radical (unpaired) electrons. The third-order valence-corrected chi connectivity index (χ3v) is 5.38. The molecule has 2 heterocycles. The quantitative estimate of drug-likeness (QED) is 0.760. The van der Waals surface area contributed by atoms with Crippen molar-refractivity contribution in [3.8, 4) is 0 Å². The number of rotatable bonds is 4. The third-order valence-electron chi connectivity index (χ3n) is 4.50. The summed E-state index contributed by atoms with van der Waals surface area (Å²) in [5.74, 6) is -0.922. The second kappa shape index (κ2) is 8.89. The maximum absolute atomic E-state index is 13.1. The molecule has 1 aromatic heterocycles. The van der Waals surface area contributed by atoms with E-state index in [-0.39, 0.29) is 5.91 Å². The number of alkyl carbamates (subject to hydrolysis) is 1. The van der Waals surface area contributed by atoms with Crippen LogP contribution < -0.4 is 15.5 Å². The Morgan fingerprint density at radius 3 is 2.55 bits per heavy atom. The molecule has 1 aliphatic rings. The number of nitrogens with zero attached hydrogens (tertiary/aromatic N) is 2. The Kier molecular flexibility index (Phi) is 6.45. The molecule has 3 rings (SSSR count). The average molecular weight is 443 g/mol. The number of ether oxygens (including phenoxy) is 1. The fraction of sp³-hybridized carbons (Fsp3) is 0.364. The smallest absolute Gasteiger partial charge is 0.408 e. The zero-order valence-electron chi connectivity index (χ0n) is 18.1. The topological polar surface area (TPSA) is 100 Å². The van der Waals surface area contributed by atoms with Crippen LogP contribution in [0.15, 0.2) is 46.8 Å². The molecule has 0 saturated heterocycles. The molecule has 31 heavy (non-hydrogen) atoms. The van der Waals surface area contributed by atoms with E-state index < -0.39 is 29.8 Å². The molecule has 0 bridgehead atoms. The summed E-state index contributed by atoms with van der Waals surface area (Å²) in [5.41, 5.74) is 1.45. The largest absolute Gasteiger partial charge is 0.444 e. The highest BCUT2D eigenvalue weighted by molar-refractivity contribution is 7.12. The van der Waals surface area contributed by atoms with Crippen LogP contribution >= 0.6 is 11.3 Å². The van der Waals surface area contributed by atoms with Crippen molar-refractivity contribution in [3.63, 3.8) is 0 Å². The minimum Gasteiger partial charge on any atom is -0.444 e. The molecule has 1 unspecified atom stereocenters. The Balaban J connectivity index is 1.85. The first-order valence-electron chi connectivity index (χ1n) is 9.85. The van der Waals surface area contributed by atoms with Gasteiger partial charge in [0.2, 0.25) is 12.1 Å². The van der Waals surface area contributed by atoms with Gasteiger partial charge in [-0.05, 0) is 45.2 Å². The van der Waals surface area contributed by atoms with Crippen LogP contribution in [0.1, 0.15) is 38.1 Å². The van der Waals surface area contributed by atoms with Crippen LogP contribution in [0.25, 0.3) is 0 Å². The van der Waals surface area contributed by atoms with Gasteiger partial charge in [0.25, 0.3) is 5.91 Å². The van der Waals surface area contributed by atoms with Gasteiger partial charge >= 0.3 is 6.09 Å². The van der Waals surface area contributed by atoms with Gasteiger partial charge in [0.05, 0.1) is 16.3 Å². The van der Waals surface area contributed by atoms with E-state index in [1.807, 2.05) is 41.8 Å². The summed E-state index contributed by atoms with van der Waals surface area (Å²) in [4.78, 5) is 44.8. The molecule has 164 valence electrons. The van der Waals surface area contributed by atoms with Crippen molar-refractivity contribution in [1.29, 1.82) is 0 Å². The molecule has 2 N–H and O–H groups in total. The number of para-hydroxylation sites is 1. The normalized spacial score (nSPS) is 17.2. The van der Waals surface area contributed by atoms with Gasteiger partial charge in [0.15, 0.2) is 0 Å². The van der Waals surface area contributed by atoms with E-state index >= 15 is 0 Å². The number of carbonyl (C=O) groups excluding carboxylic acids is 3. The summed E-state index contributed by atoms with van der Waals surface area (Å²) < 4.78 is 5.18. The first-order chi connectivity index (χ1) is 14.6. The van der Waals surface area contributed by atoms with Crippen LogP contribution in [0.4, 0.5) is 10.5 Å². The van der Waals surface area contributed by atoms with E-state index in [0.717, 1.165) is 10.4 Å². The second-order valence-corrected chi connectivity index (χ2v) is 9.10. The Morgan fingerprint density at radius 2 is 1.90 bits per heavy atom. The summed E-state index contributed by atoms with van der Waals surface area (Å²) in [6.07, 6.45) is -1.85. The average Bonchev–Trinajstić information content (AvgIpc) is 3.19. The van der Waals surface area contributed by atoms with Crippen LogP contribution in [-0.2, 0) is 14.3 Å². The van der Waals surface area contributed by atoms with Crippen LogP contribution in [0, 0.1) is 0 Å². The molecule has 0 saturated carbocycles. The summed E-state index contributed by atoms with van der Waals surface area (Å²) >= 11 is 1.50. The molecule has 2 atom stereocenters. The zero-order valence-corrected chi connectivity index (χ0v) is 18.9. The molecule has 0 spiro atoms. The lowest BCUT2D eigenvalue weighted by Gasteiger charge is -2.23. The van der Waals surface area contributed by atoms with Gasteiger partial charge in [-0.3, -0.25) is 9.59 Å². The van der Waals surface area contributed by atoms with Gasteiger partial charge in [0.1, 0.15) is 11.6 Å². The van der Waals surface area contributed by atoms with Crippen LogP contribution in [-0.4, -0.2) is 48.5 Å². The Morgan fingerprint density at radius 1 is 1.19 bits per heavy atom. The molecule has 8 nitrogen and oxygen atoms in total. The van der Waals surface area contributed by atoms with E-state index in [0.29, 0.717) is 11.4 Å². The number of hydrogen-bond donors (Lipinski definition) is 2. The molecule has 0 fully saturated rings. The van der Waals surface area contributed by atoms with Crippen molar-refractivity contribution in [2.45, 2.75) is 45.5 Å². The number of benzene rings is 1. The number of hydrogen-bond acceptors (Lipinski definition) is 6. The molecule has 1 aliphatic heterocycles. The lowest BCUT2D eigenvalue weighted by molar-refractivity contribution is -0.128. The van der Waals surface area contributed by atoms with Gasteiger partial charge < -0.3 is 20.3 Å². The van der Waals surface area contributed by atoms with Crippen molar-refractivity contribution >= 4 is 40.6 Å². The highest BCUT2D eigenvalue weighted by Gasteiger charge is 2.32. The molecule has 1 aromatic carbocycles. The summed E-state index contributed by atoms with van der Waals surface area (Å²) in [6.45, 7) is 6.71. The van der Waals surface area contributed by atoms with Gasteiger partial charge in [-0.25, -0.2) is 9.79 Å². The maximum Gasteiger partial charge on any atom is 0.408 e.